The number of carbonyl (C=O) groups excluding carboxylic acids is 2. The molecule has 0 bridgehead atoms. The first kappa shape index (κ1) is 20.2. The van der Waals surface area contributed by atoms with Gasteiger partial charge >= 0.3 is 17.8 Å². The standard InChI is InChI=1S/C18H18F3N3O3/c1-11-9-12(2)22-14(10-11)23-17(16(26)27-3,18(19,20)21)24-15(25)13-7-5-4-6-8-13/h4-10H,1-3H3,(H,22,23)(H,24,25)/t17-/m0/s1. The number of hydrogen-bond donors (Lipinski definition) is 2. The molecule has 0 aliphatic heterocycles. The van der Waals surface area contributed by atoms with E-state index in [4.69, 9.17) is 0 Å². The third kappa shape index (κ3) is 4.36. The molecule has 0 aliphatic carbocycles. The molecule has 1 aromatic heterocycles. The van der Waals surface area contributed by atoms with Gasteiger partial charge in [0.2, 0.25) is 0 Å². The Bertz CT molecular complexity index is 820. The molecule has 0 radical (unpaired) electrons. The van der Waals surface area contributed by atoms with E-state index in [0.717, 1.165) is 7.11 Å². The Morgan fingerprint density at radius 1 is 1.07 bits per heavy atom. The molecule has 0 aliphatic rings. The van der Waals surface area contributed by atoms with Gasteiger partial charge in [-0.05, 0) is 43.7 Å². The molecule has 0 saturated heterocycles. The number of hydrogen-bond acceptors (Lipinski definition) is 5. The van der Waals surface area contributed by atoms with Gasteiger partial charge in [-0.25, -0.2) is 9.78 Å². The first-order chi connectivity index (χ1) is 12.6. The molecule has 0 saturated carbocycles. The Balaban J connectivity index is 2.52. The number of amides is 1. The fraction of sp³-hybridized carbons (Fsp3) is 0.278. The van der Waals surface area contributed by atoms with E-state index in [1.165, 1.54) is 30.3 Å². The predicted molar refractivity (Wildman–Crippen MR) is 92.0 cm³/mol. The fourth-order valence-corrected chi connectivity index (χ4v) is 2.47. The van der Waals surface area contributed by atoms with Crippen molar-refractivity contribution in [3.05, 3.63) is 59.3 Å². The molecule has 2 aromatic rings. The predicted octanol–water partition coefficient (Wildman–Crippen LogP) is 2.97. The SMILES string of the molecule is COC(=O)[C@@](NC(=O)c1ccccc1)(Nc1cc(C)cc(C)n1)C(F)(F)F. The van der Waals surface area contributed by atoms with E-state index in [9.17, 15) is 22.8 Å². The molecule has 1 amide bonds. The highest BCUT2D eigenvalue weighted by Gasteiger charge is 2.63. The highest BCUT2D eigenvalue weighted by molar-refractivity contribution is 5.99. The maximum absolute atomic E-state index is 14.0. The quantitative estimate of drug-likeness (QED) is 0.615. The van der Waals surface area contributed by atoms with Crippen LogP contribution in [0.4, 0.5) is 19.0 Å². The summed E-state index contributed by atoms with van der Waals surface area (Å²) in [6.45, 7) is 3.25. The summed E-state index contributed by atoms with van der Waals surface area (Å²) in [5.41, 5.74) is -2.50. The minimum atomic E-state index is -5.22. The monoisotopic (exact) mass is 381 g/mol. The van der Waals surface area contributed by atoms with Crippen LogP contribution in [-0.2, 0) is 9.53 Å². The summed E-state index contributed by atoms with van der Waals surface area (Å²) >= 11 is 0. The van der Waals surface area contributed by atoms with Gasteiger partial charge < -0.3 is 15.4 Å². The van der Waals surface area contributed by atoms with Crippen molar-refractivity contribution in [3.63, 3.8) is 0 Å². The van der Waals surface area contributed by atoms with E-state index in [-0.39, 0.29) is 11.4 Å². The maximum atomic E-state index is 14.0. The van der Waals surface area contributed by atoms with Gasteiger partial charge in [0, 0.05) is 11.3 Å². The lowest BCUT2D eigenvalue weighted by Crippen LogP contribution is -2.69. The highest BCUT2D eigenvalue weighted by Crippen LogP contribution is 2.33. The molecule has 2 N–H and O–H groups in total. The first-order valence-corrected chi connectivity index (χ1v) is 7.85. The summed E-state index contributed by atoms with van der Waals surface area (Å²) in [5, 5.41) is 3.76. The number of anilines is 1. The topological polar surface area (TPSA) is 80.3 Å². The van der Waals surface area contributed by atoms with Crippen LogP contribution in [0.5, 0.6) is 0 Å². The van der Waals surface area contributed by atoms with E-state index in [0.29, 0.717) is 11.3 Å². The number of pyridine rings is 1. The van der Waals surface area contributed by atoms with Crippen molar-refractivity contribution in [2.45, 2.75) is 25.7 Å². The molecule has 2 rings (SSSR count). The summed E-state index contributed by atoms with van der Waals surface area (Å²) in [5.74, 6) is -3.06. The van der Waals surface area contributed by atoms with Crippen molar-refractivity contribution in [2.75, 3.05) is 12.4 Å². The van der Waals surface area contributed by atoms with E-state index >= 15 is 0 Å². The number of methoxy groups -OCH3 is 1. The molecule has 1 atom stereocenters. The lowest BCUT2D eigenvalue weighted by Gasteiger charge is -2.34. The zero-order valence-electron chi connectivity index (χ0n) is 14.8. The number of benzene rings is 1. The number of aryl methyl sites for hydroxylation is 2. The number of ether oxygens (including phenoxy) is 1. The number of alkyl halides is 3. The van der Waals surface area contributed by atoms with Gasteiger partial charge in [0.05, 0.1) is 7.11 Å². The third-order valence-corrected chi connectivity index (χ3v) is 3.67. The zero-order valence-corrected chi connectivity index (χ0v) is 14.8. The lowest BCUT2D eigenvalue weighted by molar-refractivity contribution is -0.203. The highest BCUT2D eigenvalue weighted by atomic mass is 19.4. The largest absolute Gasteiger partial charge is 0.466 e. The number of carbonyl (C=O) groups is 2. The van der Waals surface area contributed by atoms with Gasteiger partial charge in [-0.15, -0.1) is 0 Å². The number of aromatic nitrogens is 1. The molecule has 1 heterocycles. The second kappa shape index (κ2) is 7.65. The minimum Gasteiger partial charge on any atom is -0.466 e. The van der Waals surface area contributed by atoms with Crippen molar-refractivity contribution in [1.29, 1.82) is 0 Å². The van der Waals surface area contributed by atoms with E-state index in [2.05, 4.69) is 9.72 Å². The summed E-state index contributed by atoms with van der Waals surface area (Å²) < 4.78 is 46.3. The Morgan fingerprint density at radius 3 is 2.22 bits per heavy atom. The van der Waals surface area contributed by atoms with Gasteiger partial charge in [-0.3, -0.25) is 4.79 Å². The molecule has 27 heavy (non-hydrogen) atoms. The van der Waals surface area contributed by atoms with Gasteiger partial charge in [-0.2, -0.15) is 13.2 Å². The zero-order chi connectivity index (χ0) is 20.2. The average Bonchev–Trinajstić information content (AvgIpc) is 2.59. The summed E-state index contributed by atoms with van der Waals surface area (Å²) in [7, 11) is 0.800. The van der Waals surface area contributed by atoms with Gasteiger partial charge in [0.25, 0.3) is 5.91 Å². The second-order valence-corrected chi connectivity index (χ2v) is 5.86. The number of rotatable bonds is 5. The molecular formula is C18H18F3N3O3. The summed E-state index contributed by atoms with van der Waals surface area (Å²) in [6.07, 6.45) is -5.22. The first-order valence-electron chi connectivity index (χ1n) is 7.85. The van der Waals surface area contributed by atoms with Crippen molar-refractivity contribution in [1.82, 2.24) is 10.3 Å². The molecule has 9 heteroatoms. The van der Waals surface area contributed by atoms with Gasteiger partial charge in [-0.1, -0.05) is 18.2 Å². The van der Waals surface area contributed by atoms with Crippen LogP contribution in [0.1, 0.15) is 21.6 Å². The molecule has 0 spiro atoms. The van der Waals surface area contributed by atoms with Crippen LogP contribution < -0.4 is 10.6 Å². The van der Waals surface area contributed by atoms with Gasteiger partial charge in [0.15, 0.2) is 0 Å². The van der Waals surface area contributed by atoms with Crippen LogP contribution in [0, 0.1) is 13.8 Å². The Kier molecular flexibility index (Phi) is 5.72. The number of nitrogens with zero attached hydrogens (tertiary/aromatic N) is 1. The maximum Gasteiger partial charge on any atom is 0.441 e. The number of esters is 1. The Hall–Kier alpha value is -3.10. The van der Waals surface area contributed by atoms with E-state index in [1.807, 2.05) is 5.32 Å². The molecule has 0 unspecified atom stereocenters. The number of halogens is 3. The second-order valence-electron chi connectivity index (χ2n) is 5.86. The molecule has 144 valence electrons. The Labute approximate surface area is 153 Å². The summed E-state index contributed by atoms with van der Waals surface area (Å²) in [6, 6.07) is 10.2. The van der Waals surface area contributed by atoms with E-state index < -0.39 is 23.7 Å². The number of nitrogens with one attached hydrogen (secondary N) is 2. The van der Waals surface area contributed by atoms with Crippen LogP contribution in [0.2, 0.25) is 0 Å². The van der Waals surface area contributed by atoms with E-state index in [1.54, 1.807) is 31.3 Å². The van der Waals surface area contributed by atoms with Crippen molar-refractivity contribution in [3.8, 4) is 0 Å². The van der Waals surface area contributed by atoms with Gasteiger partial charge in [0.1, 0.15) is 5.82 Å². The van der Waals surface area contributed by atoms with Crippen LogP contribution in [-0.4, -0.2) is 35.8 Å². The molecule has 0 fully saturated rings. The van der Waals surface area contributed by atoms with Crippen molar-refractivity contribution in [2.24, 2.45) is 0 Å². The minimum absolute atomic E-state index is 0.0507. The normalized spacial score (nSPS) is 13.4. The van der Waals surface area contributed by atoms with Crippen LogP contribution in [0.3, 0.4) is 0 Å². The fourth-order valence-electron chi connectivity index (χ4n) is 2.47. The average molecular weight is 381 g/mol. The van der Waals surface area contributed by atoms with Crippen molar-refractivity contribution >= 4 is 17.7 Å². The lowest BCUT2D eigenvalue weighted by atomic mass is 10.1. The van der Waals surface area contributed by atoms with Crippen LogP contribution in [0.25, 0.3) is 0 Å². The van der Waals surface area contributed by atoms with Crippen LogP contribution >= 0.6 is 0 Å². The van der Waals surface area contributed by atoms with Crippen molar-refractivity contribution < 1.29 is 27.5 Å². The third-order valence-electron chi connectivity index (χ3n) is 3.67. The Morgan fingerprint density at radius 2 is 1.70 bits per heavy atom. The summed E-state index contributed by atoms with van der Waals surface area (Å²) in [4.78, 5) is 28.5. The molecule has 6 nitrogen and oxygen atoms in total. The smallest absolute Gasteiger partial charge is 0.441 e. The molecule has 1 aromatic carbocycles. The van der Waals surface area contributed by atoms with Crippen LogP contribution in [0.15, 0.2) is 42.5 Å². The molecular weight excluding hydrogens is 363 g/mol.